The van der Waals surface area contributed by atoms with Crippen molar-refractivity contribution in [2.75, 3.05) is 13.1 Å². The quantitative estimate of drug-likeness (QED) is 0.800. The summed E-state index contributed by atoms with van der Waals surface area (Å²) in [7, 11) is 0. The summed E-state index contributed by atoms with van der Waals surface area (Å²) >= 11 is 0. The topological polar surface area (TPSA) is 69.7 Å². The number of nitrogens with one attached hydrogen (secondary N) is 1. The molecule has 3 rings (SSSR count). The van der Waals surface area contributed by atoms with Crippen LogP contribution in [0.25, 0.3) is 0 Å². The average molecular weight is 365 g/mol. The van der Waals surface area contributed by atoms with Gasteiger partial charge in [-0.1, -0.05) is 60.7 Å². The van der Waals surface area contributed by atoms with E-state index in [4.69, 9.17) is 0 Å². The largest absolute Gasteiger partial charge is 0.337 e. The molecule has 4 amide bonds. The second kappa shape index (κ2) is 7.61. The number of nitrogens with zero attached hydrogens (tertiary/aromatic N) is 2. The van der Waals surface area contributed by atoms with Crippen molar-refractivity contribution in [2.24, 2.45) is 0 Å². The highest BCUT2D eigenvalue weighted by atomic mass is 16.2. The zero-order valence-corrected chi connectivity index (χ0v) is 15.5. The zero-order valence-electron chi connectivity index (χ0n) is 15.5. The summed E-state index contributed by atoms with van der Waals surface area (Å²) in [4.78, 5) is 40.7. The van der Waals surface area contributed by atoms with E-state index in [1.807, 2.05) is 55.5 Å². The van der Waals surface area contributed by atoms with Crippen molar-refractivity contribution in [3.8, 4) is 0 Å². The van der Waals surface area contributed by atoms with Gasteiger partial charge in [0.15, 0.2) is 0 Å². The van der Waals surface area contributed by atoms with E-state index in [1.165, 1.54) is 0 Å². The van der Waals surface area contributed by atoms with Crippen LogP contribution < -0.4 is 5.32 Å². The first-order valence-corrected chi connectivity index (χ1v) is 8.97. The second-order valence-electron chi connectivity index (χ2n) is 6.71. The zero-order chi connectivity index (χ0) is 19.4. The Balaban J connectivity index is 1.73. The predicted molar refractivity (Wildman–Crippen MR) is 102 cm³/mol. The van der Waals surface area contributed by atoms with Gasteiger partial charge in [0.2, 0.25) is 5.91 Å². The third kappa shape index (κ3) is 3.69. The van der Waals surface area contributed by atoms with Crippen LogP contribution in [0.2, 0.25) is 0 Å². The maximum Gasteiger partial charge on any atom is 0.325 e. The Kier molecular flexibility index (Phi) is 5.26. The third-order valence-corrected chi connectivity index (χ3v) is 4.87. The van der Waals surface area contributed by atoms with E-state index in [0.717, 1.165) is 10.5 Å². The molecule has 27 heavy (non-hydrogen) atoms. The summed E-state index contributed by atoms with van der Waals surface area (Å²) in [5, 5.41) is 2.73. The normalized spacial score (nSPS) is 19.1. The Hall–Kier alpha value is -3.15. The summed E-state index contributed by atoms with van der Waals surface area (Å²) in [6.07, 6.45) is 0. The van der Waals surface area contributed by atoms with E-state index in [1.54, 1.807) is 24.0 Å². The Morgan fingerprint density at radius 3 is 2.22 bits per heavy atom. The van der Waals surface area contributed by atoms with E-state index in [2.05, 4.69) is 5.32 Å². The number of hydrogen-bond acceptors (Lipinski definition) is 3. The molecular formula is C21H23N3O3. The maximum absolute atomic E-state index is 12.9. The van der Waals surface area contributed by atoms with Gasteiger partial charge in [0.25, 0.3) is 5.91 Å². The van der Waals surface area contributed by atoms with Crippen LogP contribution in [0.4, 0.5) is 4.79 Å². The van der Waals surface area contributed by atoms with Crippen LogP contribution in [-0.2, 0) is 21.7 Å². The number of amides is 4. The molecule has 0 saturated carbocycles. The molecule has 2 aromatic rings. The fourth-order valence-corrected chi connectivity index (χ4v) is 3.22. The number of carbonyl (C=O) groups excluding carboxylic acids is 3. The van der Waals surface area contributed by atoms with Gasteiger partial charge >= 0.3 is 6.03 Å². The van der Waals surface area contributed by atoms with Crippen molar-refractivity contribution in [3.05, 3.63) is 71.8 Å². The molecule has 0 radical (unpaired) electrons. The summed E-state index contributed by atoms with van der Waals surface area (Å²) in [5.74, 6) is -0.676. The van der Waals surface area contributed by atoms with Crippen LogP contribution in [0.15, 0.2) is 60.7 Å². The standard InChI is InChI=1S/C21H23N3O3/c1-3-23(14-16-10-6-4-7-11-16)18(25)15-24-19(26)21(2,22-20(24)27)17-12-8-5-9-13-17/h4-13H,3,14-15H2,1-2H3,(H,22,27)/t21-/m1/s1. The minimum Gasteiger partial charge on any atom is -0.337 e. The highest BCUT2D eigenvalue weighted by molar-refractivity contribution is 6.09. The molecule has 1 saturated heterocycles. The minimum atomic E-state index is -1.16. The Morgan fingerprint density at radius 1 is 1.04 bits per heavy atom. The van der Waals surface area contributed by atoms with Crippen LogP contribution in [0.1, 0.15) is 25.0 Å². The number of urea groups is 1. The number of imide groups is 1. The lowest BCUT2D eigenvalue weighted by atomic mass is 9.92. The maximum atomic E-state index is 12.9. The van der Waals surface area contributed by atoms with Crippen molar-refractivity contribution >= 4 is 17.8 Å². The minimum absolute atomic E-state index is 0.262. The molecule has 0 aliphatic carbocycles. The molecular weight excluding hydrogens is 342 g/mol. The SMILES string of the molecule is CCN(Cc1ccccc1)C(=O)CN1C(=O)N[C@](C)(c2ccccc2)C1=O. The molecule has 1 fully saturated rings. The van der Waals surface area contributed by atoms with E-state index < -0.39 is 17.5 Å². The average Bonchev–Trinajstić information content (AvgIpc) is 2.91. The summed E-state index contributed by atoms with van der Waals surface area (Å²) in [5.41, 5.74) is 0.531. The summed E-state index contributed by atoms with van der Waals surface area (Å²) < 4.78 is 0. The number of carbonyl (C=O) groups is 3. The molecule has 6 heteroatoms. The monoisotopic (exact) mass is 365 g/mol. The van der Waals surface area contributed by atoms with Gasteiger partial charge in [-0.15, -0.1) is 0 Å². The summed E-state index contributed by atoms with van der Waals surface area (Å²) in [6, 6.07) is 18.1. The molecule has 1 N–H and O–H groups in total. The van der Waals surface area contributed by atoms with Crippen molar-refractivity contribution in [1.29, 1.82) is 0 Å². The molecule has 1 aliphatic heterocycles. The third-order valence-electron chi connectivity index (χ3n) is 4.87. The van der Waals surface area contributed by atoms with Crippen LogP contribution >= 0.6 is 0 Å². The van der Waals surface area contributed by atoms with Gasteiger partial charge in [0.1, 0.15) is 12.1 Å². The van der Waals surface area contributed by atoms with Crippen LogP contribution in [0.3, 0.4) is 0 Å². The van der Waals surface area contributed by atoms with Crippen LogP contribution in [0.5, 0.6) is 0 Å². The first-order valence-electron chi connectivity index (χ1n) is 8.97. The molecule has 6 nitrogen and oxygen atoms in total. The summed E-state index contributed by atoms with van der Waals surface area (Å²) in [6.45, 7) is 4.20. The number of hydrogen-bond donors (Lipinski definition) is 1. The number of rotatable bonds is 6. The molecule has 0 aromatic heterocycles. The lowest BCUT2D eigenvalue weighted by molar-refractivity contribution is -0.139. The van der Waals surface area contributed by atoms with Gasteiger partial charge in [-0.25, -0.2) is 4.79 Å². The van der Waals surface area contributed by atoms with E-state index in [0.29, 0.717) is 18.7 Å². The molecule has 2 aromatic carbocycles. The highest BCUT2D eigenvalue weighted by Crippen LogP contribution is 2.28. The Morgan fingerprint density at radius 2 is 1.63 bits per heavy atom. The molecule has 140 valence electrons. The Labute approximate surface area is 158 Å². The molecule has 1 heterocycles. The van der Waals surface area contributed by atoms with Crippen LogP contribution in [-0.4, -0.2) is 40.7 Å². The van der Waals surface area contributed by atoms with Crippen LogP contribution in [0, 0.1) is 0 Å². The first kappa shape index (κ1) is 18.6. The molecule has 1 atom stereocenters. The van der Waals surface area contributed by atoms with Gasteiger partial charge in [-0.05, 0) is 25.0 Å². The lowest BCUT2D eigenvalue weighted by Crippen LogP contribution is -2.44. The molecule has 0 bridgehead atoms. The second-order valence-corrected chi connectivity index (χ2v) is 6.71. The van der Waals surface area contributed by atoms with E-state index >= 15 is 0 Å². The first-order chi connectivity index (χ1) is 13.0. The van der Waals surface area contributed by atoms with Gasteiger partial charge in [-0.2, -0.15) is 0 Å². The lowest BCUT2D eigenvalue weighted by Gasteiger charge is -2.24. The van der Waals surface area contributed by atoms with Crippen molar-refractivity contribution < 1.29 is 14.4 Å². The molecule has 1 aliphatic rings. The van der Waals surface area contributed by atoms with E-state index in [-0.39, 0.29) is 12.5 Å². The highest BCUT2D eigenvalue weighted by Gasteiger charge is 2.49. The molecule has 0 spiro atoms. The smallest absolute Gasteiger partial charge is 0.325 e. The van der Waals surface area contributed by atoms with Gasteiger partial charge in [-0.3, -0.25) is 14.5 Å². The van der Waals surface area contributed by atoms with Gasteiger partial charge in [0.05, 0.1) is 0 Å². The van der Waals surface area contributed by atoms with Gasteiger partial charge < -0.3 is 10.2 Å². The predicted octanol–water partition coefficient (Wildman–Crippen LogP) is 2.50. The van der Waals surface area contributed by atoms with Gasteiger partial charge in [0, 0.05) is 13.1 Å². The Bertz CT molecular complexity index is 838. The fraction of sp³-hybridized carbons (Fsp3) is 0.286. The number of benzene rings is 2. The van der Waals surface area contributed by atoms with Crippen molar-refractivity contribution in [1.82, 2.24) is 15.1 Å². The van der Waals surface area contributed by atoms with Crippen molar-refractivity contribution in [2.45, 2.75) is 25.9 Å². The fourth-order valence-electron chi connectivity index (χ4n) is 3.22. The number of likely N-dealkylation sites (N-methyl/N-ethyl adjacent to an activating group) is 1. The van der Waals surface area contributed by atoms with Crippen molar-refractivity contribution in [3.63, 3.8) is 0 Å². The molecule has 0 unspecified atom stereocenters. The van der Waals surface area contributed by atoms with E-state index in [9.17, 15) is 14.4 Å².